The van der Waals surface area contributed by atoms with Gasteiger partial charge in [0.2, 0.25) is 5.95 Å². The molecule has 1 N–H and O–H groups in total. The molecule has 0 fully saturated rings. The van der Waals surface area contributed by atoms with E-state index in [1.807, 2.05) is 6.92 Å². The van der Waals surface area contributed by atoms with E-state index in [-0.39, 0.29) is 0 Å². The van der Waals surface area contributed by atoms with Gasteiger partial charge in [0.1, 0.15) is 0 Å². The molecule has 102 valence electrons. The Kier molecular flexibility index (Phi) is 4.25. The average molecular weight is 257 g/mol. The average Bonchev–Trinajstić information content (AvgIpc) is 2.71. The summed E-state index contributed by atoms with van der Waals surface area (Å²) >= 11 is 0. The molecule has 1 aromatic heterocycles. The molecule has 0 saturated heterocycles. The van der Waals surface area contributed by atoms with Crippen molar-refractivity contribution in [2.45, 2.75) is 40.5 Å². The number of hydrogen-bond donors (Lipinski definition) is 1. The zero-order valence-corrected chi connectivity index (χ0v) is 12.3. The van der Waals surface area contributed by atoms with Crippen LogP contribution < -0.4 is 5.32 Å². The standard InChI is InChI=1S/C16H23N3/c1-5-6-9-17-16-18-14(4)11-19(16)15-8-7-12(2)10-13(15)3/h7-8,10-11H,5-6,9H2,1-4H3,(H,17,18). The van der Waals surface area contributed by atoms with Crippen LogP contribution in [-0.4, -0.2) is 16.1 Å². The molecular formula is C16H23N3. The Morgan fingerprint density at radius 2 is 2.00 bits per heavy atom. The van der Waals surface area contributed by atoms with E-state index in [4.69, 9.17) is 0 Å². The van der Waals surface area contributed by atoms with Crippen molar-refractivity contribution in [2.24, 2.45) is 0 Å². The lowest BCUT2D eigenvalue weighted by Gasteiger charge is -2.12. The topological polar surface area (TPSA) is 29.9 Å². The number of unbranched alkanes of at least 4 members (excludes halogenated alkanes) is 1. The van der Waals surface area contributed by atoms with Crippen molar-refractivity contribution in [1.82, 2.24) is 9.55 Å². The van der Waals surface area contributed by atoms with Gasteiger partial charge in [0.25, 0.3) is 0 Å². The van der Waals surface area contributed by atoms with E-state index in [2.05, 4.69) is 60.0 Å². The third-order valence-electron chi connectivity index (χ3n) is 3.25. The van der Waals surface area contributed by atoms with Crippen LogP contribution in [0.25, 0.3) is 5.69 Å². The van der Waals surface area contributed by atoms with Gasteiger partial charge >= 0.3 is 0 Å². The molecule has 1 aromatic carbocycles. The Balaban J connectivity index is 2.32. The van der Waals surface area contributed by atoms with E-state index in [0.29, 0.717) is 0 Å². The Bertz CT molecular complexity index is 555. The predicted octanol–water partition coefficient (Wildman–Crippen LogP) is 4.01. The second kappa shape index (κ2) is 5.91. The number of nitrogens with one attached hydrogen (secondary N) is 1. The first kappa shape index (κ1) is 13.7. The van der Waals surface area contributed by atoms with E-state index in [9.17, 15) is 0 Å². The summed E-state index contributed by atoms with van der Waals surface area (Å²) in [4.78, 5) is 4.57. The van der Waals surface area contributed by atoms with E-state index < -0.39 is 0 Å². The molecule has 0 spiro atoms. The summed E-state index contributed by atoms with van der Waals surface area (Å²) in [6, 6.07) is 6.52. The molecule has 0 aliphatic heterocycles. The number of hydrogen-bond acceptors (Lipinski definition) is 2. The number of rotatable bonds is 5. The van der Waals surface area contributed by atoms with E-state index >= 15 is 0 Å². The van der Waals surface area contributed by atoms with Gasteiger partial charge in [0, 0.05) is 12.7 Å². The highest BCUT2D eigenvalue weighted by molar-refractivity contribution is 5.48. The molecule has 0 saturated carbocycles. The summed E-state index contributed by atoms with van der Waals surface area (Å²) in [5.41, 5.74) is 4.80. The SMILES string of the molecule is CCCCNc1nc(C)cn1-c1ccc(C)cc1C. The number of benzene rings is 1. The van der Waals surface area contributed by atoms with Crippen LogP contribution in [0.2, 0.25) is 0 Å². The molecule has 3 heteroatoms. The van der Waals surface area contributed by atoms with E-state index in [1.54, 1.807) is 0 Å². The van der Waals surface area contributed by atoms with Crippen LogP contribution in [0.4, 0.5) is 5.95 Å². The van der Waals surface area contributed by atoms with Crippen LogP contribution in [0, 0.1) is 20.8 Å². The molecule has 3 nitrogen and oxygen atoms in total. The molecule has 2 rings (SSSR count). The van der Waals surface area contributed by atoms with Gasteiger partial charge in [0.15, 0.2) is 0 Å². The molecular weight excluding hydrogens is 234 g/mol. The van der Waals surface area contributed by atoms with E-state index in [0.717, 1.165) is 18.2 Å². The quantitative estimate of drug-likeness (QED) is 0.820. The monoisotopic (exact) mass is 257 g/mol. The summed E-state index contributed by atoms with van der Waals surface area (Å²) in [6.07, 6.45) is 4.45. The van der Waals surface area contributed by atoms with Gasteiger partial charge in [-0.25, -0.2) is 4.98 Å². The number of imidazole rings is 1. The molecule has 0 aliphatic rings. The lowest BCUT2D eigenvalue weighted by Crippen LogP contribution is -2.08. The zero-order valence-electron chi connectivity index (χ0n) is 12.3. The van der Waals surface area contributed by atoms with Gasteiger partial charge in [0.05, 0.1) is 11.4 Å². The van der Waals surface area contributed by atoms with Gasteiger partial charge in [-0.3, -0.25) is 4.57 Å². The maximum absolute atomic E-state index is 4.57. The predicted molar refractivity (Wildman–Crippen MR) is 81.2 cm³/mol. The van der Waals surface area contributed by atoms with E-state index in [1.165, 1.54) is 29.7 Å². The largest absolute Gasteiger partial charge is 0.355 e. The molecule has 0 radical (unpaired) electrons. The third-order valence-corrected chi connectivity index (χ3v) is 3.25. The Morgan fingerprint density at radius 3 is 2.68 bits per heavy atom. The summed E-state index contributed by atoms with van der Waals surface area (Å²) in [7, 11) is 0. The van der Waals surface area contributed by atoms with Crippen molar-refractivity contribution in [1.29, 1.82) is 0 Å². The van der Waals surface area contributed by atoms with Crippen molar-refractivity contribution < 1.29 is 0 Å². The first-order valence-corrected chi connectivity index (χ1v) is 6.99. The molecule has 19 heavy (non-hydrogen) atoms. The second-order valence-electron chi connectivity index (χ2n) is 5.15. The van der Waals surface area contributed by atoms with Crippen molar-refractivity contribution in [2.75, 3.05) is 11.9 Å². The fourth-order valence-electron chi connectivity index (χ4n) is 2.26. The summed E-state index contributed by atoms with van der Waals surface area (Å²) in [5, 5.41) is 3.43. The second-order valence-corrected chi connectivity index (χ2v) is 5.15. The first-order chi connectivity index (χ1) is 9.11. The van der Waals surface area contributed by atoms with Gasteiger partial charge in [-0.1, -0.05) is 31.0 Å². The minimum atomic E-state index is 0.943. The smallest absolute Gasteiger partial charge is 0.207 e. The fraction of sp³-hybridized carbons (Fsp3) is 0.438. The zero-order chi connectivity index (χ0) is 13.8. The van der Waals surface area contributed by atoms with Crippen LogP contribution >= 0.6 is 0 Å². The minimum Gasteiger partial charge on any atom is -0.355 e. The third kappa shape index (κ3) is 3.16. The van der Waals surface area contributed by atoms with Crippen LogP contribution in [0.1, 0.15) is 36.6 Å². The first-order valence-electron chi connectivity index (χ1n) is 6.99. The Morgan fingerprint density at radius 1 is 1.21 bits per heavy atom. The normalized spacial score (nSPS) is 10.7. The summed E-state index contributed by atoms with van der Waals surface area (Å²) in [6.45, 7) is 9.47. The van der Waals surface area contributed by atoms with Gasteiger partial charge in [-0.15, -0.1) is 0 Å². The number of aryl methyl sites for hydroxylation is 3. The summed E-state index contributed by atoms with van der Waals surface area (Å²) < 4.78 is 2.15. The number of aromatic nitrogens is 2. The van der Waals surface area contributed by atoms with Crippen molar-refractivity contribution in [3.05, 3.63) is 41.2 Å². The lowest BCUT2D eigenvalue weighted by molar-refractivity contribution is 0.822. The molecule has 0 atom stereocenters. The van der Waals surface area contributed by atoms with Gasteiger partial charge in [-0.05, 0) is 38.8 Å². The molecule has 0 bridgehead atoms. The van der Waals surface area contributed by atoms with Crippen LogP contribution in [0.5, 0.6) is 0 Å². The molecule has 0 unspecified atom stereocenters. The van der Waals surface area contributed by atoms with Gasteiger partial charge in [-0.2, -0.15) is 0 Å². The maximum Gasteiger partial charge on any atom is 0.207 e. The highest BCUT2D eigenvalue weighted by atomic mass is 15.2. The Labute approximate surface area is 115 Å². The highest BCUT2D eigenvalue weighted by Gasteiger charge is 2.09. The summed E-state index contributed by atoms with van der Waals surface area (Å²) in [5.74, 6) is 0.943. The molecule has 2 aromatic rings. The molecule has 0 aliphatic carbocycles. The van der Waals surface area contributed by atoms with Crippen LogP contribution in [0.15, 0.2) is 24.4 Å². The van der Waals surface area contributed by atoms with Crippen molar-refractivity contribution in [3.8, 4) is 5.69 Å². The van der Waals surface area contributed by atoms with Crippen molar-refractivity contribution in [3.63, 3.8) is 0 Å². The maximum atomic E-state index is 4.57. The van der Waals surface area contributed by atoms with Crippen LogP contribution in [0.3, 0.4) is 0 Å². The molecule has 1 heterocycles. The van der Waals surface area contributed by atoms with Crippen LogP contribution in [-0.2, 0) is 0 Å². The van der Waals surface area contributed by atoms with Crippen molar-refractivity contribution >= 4 is 5.95 Å². The van der Waals surface area contributed by atoms with Gasteiger partial charge < -0.3 is 5.32 Å². The minimum absolute atomic E-state index is 0.943. The Hall–Kier alpha value is -1.77. The number of anilines is 1. The lowest BCUT2D eigenvalue weighted by atomic mass is 10.1. The number of nitrogens with zero attached hydrogens (tertiary/aromatic N) is 2. The molecule has 0 amide bonds. The highest BCUT2D eigenvalue weighted by Crippen LogP contribution is 2.21. The fourth-order valence-corrected chi connectivity index (χ4v) is 2.26.